The maximum Gasteiger partial charge on any atom is 0.239 e. The Labute approximate surface area is 120 Å². The van der Waals surface area contributed by atoms with E-state index >= 15 is 0 Å². The van der Waals surface area contributed by atoms with E-state index in [-0.39, 0.29) is 23.9 Å². The zero-order valence-corrected chi connectivity index (χ0v) is 12.5. The maximum absolute atomic E-state index is 11.8. The number of carbonyl (C=O) groups excluding carboxylic acids is 2. The summed E-state index contributed by atoms with van der Waals surface area (Å²) in [6.45, 7) is 7.71. The average Bonchev–Trinajstić information content (AvgIpc) is 2.37. The van der Waals surface area contributed by atoms with Gasteiger partial charge in [-0.3, -0.25) is 9.59 Å². The summed E-state index contributed by atoms with van der Waals surface area (Å²) in [5.74, 6) is -0.144. The Morgan fingerprint density at radius 2 is 1.65 bits per heavy atom. The summed E-state index contributed by atoms with van der Waals surface area (Å²) in [6, 6.07) is 7.22. The first-order chi connectivity index (χ1) is 9.32. The molecular weight excluding hydrogens is 254 g/mol. The van der Waals surface area contributed by atoms with Crippen LogP contribution in [0.3, 0.4) is 0 Å². The fourth-order valence-corrected chi connectivity index (χ4v) is 1.57. The van der Waals surface area contributed by atoms with E-state index in [1.54, 1.807) is 12.1 Å². The molecule has 0 saturated heterocycles. The molecule has 3 N–H and O–H groups in total. The topological polar surface area (TPSA) is 70.2 Å². The molecule has 1 rings (SSSR count). The number of hydrogen-bond donors (Lipinski definition) is 3. The fourth-order valence-electron chi connectivity index (χ4n) is 1.57. The molecule has 0 aliphatic heterocycles. The van der Waals surface area contributed by atoms with Crippen LogP contribution in [0, 0.1) is 0 Å². The van der Waals surface area contributed by atoms with Gasteiger partial charge in [0.25, 0.3) is 0 Å². The largest absolute Gasteiger partial charge is 0.376 e. The molecule has 110 valence electrons. The van der Waals surface area contributed by atoms with E-state index in [1.807, 2.05) is 32.9 Å². The summed E-state index contributed by atoms with van der Waals surface area (Å²) in [5.41, 5.74) is 1.39. The second-order valence-electron chi connectivity index (χ2n) is 5.40. The second-order valence-corrected chi connectivity index (χ2v) is 5.40. The standard InChI is InChI=1S/C15H23N3O2/c1-5-15(3,4)18-14(20)10-16-12-6-8-13(9-7-12)17-11(2)19/h6-9,16H,5,10H2,1-4H3,(H,17,19)(H,18,20). The van der Waals surface area contributed by atoms with Gasteiger partial charge in [-0.25, -0.2) is 0 Å². The third-order valence-electron chi connectivity index (χ3n) is 3.02. The van der Waals surface area contributed by atoms with Gasteiger partial charge in [-0.2, -0.15) is 0 Å². The lowest BCUT2D eigenvalue weighted by Gasteiger charge is -2.24. The molecule has 0 unspecified atom stereocenters. The molecule has 0 aromatic heterocycles. The van der Waals surface area contributed by atoms with Crippen LogP contribution in [0.25, 0.3) is 0 Å². The number of rotatable bonds is 6. The van der Waals surface area contributed by atoms with Crippen LogP contribution in [-0.4, -0.2) is 23.9 Å². The van der Waals surface area contributed by atoms with E-state index in [0.29, 0.717) is 0 Å². The van der Waals surface area contributed by atoms with Gasteiger partial charge >= 0.3 is 0 Å². The quantitative estimate of drug-likeness (QED) is 0.747. The number of amides is 2. The molecule has 20 heavy (non-hydrogen) atoms. The van der Waals surface area contributed by atoms with Gasteiger partial charge in [0.2, 0.25) is 11.8 Å². The monoisotopic (exact) mass is 277 g/mol. The molecule has 0 aliphatic carbocycles. The van der Waals surface area contributed by atoms with Crippen LogP contribution in [0.2, 0.25) is 0 Å². The predicted octanol–water partition coefficient (Wildman–Crippen LogP) is 2.36. The van der Waals surface area contributed by atoms with Crippen molar-refractivity contribution in [2.24, 2.45) is 0 Å². The smallest absolute Gasteiger partial charge is 0.239 e. The molecule has 0 atom stereocenters. The van der Waals surface area contributed by atoms with Crippen molar-refractivity contribution >= 4 is 23.2 Å². The molecule has 0 bridgehead atoms. The van der Waals surface area contributed by atoms with Crippen LogP contribution < -0.4 is 16.0 Å². The van der Waals surface area contributed by atoms with Crippen LogP contribution in [0.15, 0.2) is 24.3 Å². The Balaban J connectivity index is 2.46. The molecule has 0 aliphatic rings. The third kappa shape index (κ3) is 5.73. The Morgan fingerprint density at radius 1 is 1.10 bits per heavy atom. The first-order valence-corrected chi connectivity index (χ1v) is 6.75. The second kappa shape index (κ2) is 6.93. The normalized spacial score (nSPS) is 10.8. The maximum atomic E-state index is 11.8. The van der Waals surface area contributed by atoms with Crippen molar-refractivity contribution in [2.75, 3.05) is 17.2 Å². The fraction of sp³-hybridized carbons (Fsp3) is 0.467. The third-order valence-corrected chi connectivity index (χ3v) is 3.02. The van der Waals surface area contributed by atoms with Crippen LogP contribution in [0.1, 0.15) is 34.1 Å². The van der Waals surface area contributed by atoms with E-state index in [9.17, 15) is 9.59 Å². The van der Waals surface area contributed by atoms with Crippen molar-refractivity contribution in [2.45, 2.75) is 39.7 Å². The van der Waals surface area contributed by atoms with Crippen LogP contribution in [0.4, 0.5) is 11.4 Å². The van der Waals surface area contributed by atoms with E-state index < -0.39 is 0 Å². The predicted molar refractivity (Wildman–Crippen MR) is 81.7 cm³/mol. The summed E-state index contributed by atoms with van der Waals surface area (Å²) in [6.07, 6.45) is 0.879. The van der Waals surface area contributed by atoms with E-state index in [4.69, 9.17) is 0 Å². The van der Waals surface area contributed by atoms with E-state index in [2.05, 4.69) is 16.0 Å². The summed E-state index contributed by atoms with van der Waals surface area (Å²) in [4.78, 5) is 22.7. The molecule has 2 amide bonds. The lowest BCUT2D eigenvalue weighted by atomic mass is 10.0. The summed E-state index contributed by atoms with van der Waals surface area (Å²) < 4.78 is 0. The van der Waals surface area contributed by atoms with Gasteiger partial charge in [0.1, 0.15) is 0 Å². The molecular formula is C15H23N3O2. The minimum atomic E-state index is -0.186. The molecule has 5 nitrogen and oxygen atoms in total. The Hall–Kier alpha value is -2.04. The Morgan fingerprint density at radius 3 is 2.15 bits per heavy atom. The highest BCUT2D eigenvalue weighted by atomic mass is 16.2. The highest BCUT2D eigenvalue weighted by Gasteiger charge is 2.17. The molecule has 0 heterocycles. The van der Waals surface area contributed by atoms with Gasteiger partial charge in [0.15, 0.2) is 0 Å². The number of anilines is 2. The molecule has 1 aromatic carbocycles. The summed E-state index contributed by atoms with van der Waals surface area (Å²) in [5, 5.41) is 8.69. The Kier molecular flexibility index (Phi) is 5.55. The number of hydrogen-bond acceptors (Lipinski definition) is 3. The lowest BCUT2D eigenvalue weighted by molar-refractivity contribution is -0.121. The van der Waals surface area contributed by atoms with Crippen molar-refractivity contribution in [3.05, 3.63) is 24.3 Å². The average molecular weight is 277 g/mol. The number of benzene rings is 1. The zero-order chi connectivity index (χ0) is 15.2. The molecule has 5 heteroatoms. The van der Waals surface area contributed by atoms with Gasteiger partial charge in [-0.05, 0) is 44.5 Å². The zero-order valence-electron chi connectivity index (χ0n) is 12.5. The minimum Gasteiger partial charge on any atom is -0.376 e. The lowest BCUT2D eigenvalue weighted by Crippen LogP contribution is -2.45. The van der Waals surface area contributed by atoms with Crippen molar-refractivity contribution in [1.82, 2.24) is 5.32 Å². The van der Waals surface area contributed by atoms with Gasteiger partial charge in [-0.1, -0.05) is 6.92 Å². The van der Waals surface area contributed by atoms with Crippen molar-refractivity contribution in [3.8, 4) is 0 Å². The molecule has 0 spiro atoms. The van der Waals surface area contributed by atoms with Crippen LogP contribution in [0.5, 0.6) is 0 Å². The van der Waals surface area contributed by atoms with Crippen LogP contribution >= 0.6 is 0 Å². The molecule has 1 aromatic rings. The van der Waals surface area contributed by atoms with Gasteiger partial charge in [0, 0.05) is 23.8 Å². The summed E-state index contributed by atoms with van der Waals surface area (Å²) >= 11 is 0. The first kappa shape index (κ1) is 16.0. The van der Waals surface area contributed by atoms with Crippen molar-refractivity contribution in [1.29, 1.82) is 0 Å². The summed E-state index contributed by atoms with van der Waals surface area (Å²) in [7, 11) is 0. The van der Waals surface area contributed by atoms with Gasteiger partial charge < -0.3 is 16.0 Å². The van der Waals surface area contributed by atoms with Gasteiger partial charge in [0.05, 0.1) is 6.54 Å². The van der Waals surface area contributed by atoms with Gasteiger partial charge in [-0.15, -0.1) is 0 Å². The molecule has 0 saturated carbocycles. The highest BCUT2D eigenvalue weighted by molar-refractivity contribution is 5.89. The van der Waals surface area contributed by atoms with E-state index in [0.717, 1.165) is 17.8 Å². The number of nitrogens with one attached hydrogen (secondary N) is 3. The van der Waals surface area contributed by atoms with E-state index in [1.165, 1.54) is 6.92 Å². The Bertz CT molecular complexity index is 467. The minimum absolute atomic E-state index is 0.0391. The SMILES string of the molecule is CCC(C)(C)NC(=O)CNc1ccc(NC(C)=O)cc1. The molecule has 0 radical (unpaired) electrons. The number of carbonyl (C=O) groups is 2. The van der Waals surface area contributed by atoms with Crippen molar-refractivity contribution in [3.63, 3.8) is 0 Å². The van der Waals surface area contributed by atoms with Crippen LogP contribution in [-0.2, 0) is 9.59 Å². The highest BCUT2D eigenvalue weighted by Crippen LogP contribution is 2.13. The first-order valence-electron chi connectivity index (χ1n) is 6.75. The van der Waals surface area contributed by atoms with Crippen molar-refractivity contribution < 1.29 is 9.59 Å². The molecule has 0 fully saturated rings.